The van der Waals surface area contributed by atoms with Crippen LogP contribution in [0.15, 0.2) is 47.3 Å². The van der Waals surface area contributed by atoms with Crippen LogP contribution in [0.4, 0.5) is 5.69 Å². The van der Waals surface area contributed by atoms with Crippen LogP contribution >= 0.6 is 11.3 Å². The smallest absolute Gasteiger partial charge is 0.307 e. The molecule has 1 aromatic heterocycles. The van der Waals surface area contributed by atoms with E-state index in [0.717, 1.165) is 48.4 Å². The van der Waals surface area contributed by atoms with E-state index in [-0.39, 0.29) is 16.7 Å². The summed E-state index contributed by atoms with van der Waals surface area (Å²) >= 11 is 1.21. The summed E-state index contributed by atoms with van der Waals surface area (Å²) in [5, 5.41) is 3.04. The van der Waals surface area contributed by atoms with Gasteiger partial charge >= 0.3 is 4.87 Å². The Kier molecular flexibility index (Phi) is 5.33. The van der Waals surface area contributed by atoms with Crippen LogP contribution in [0.2, 0.25) is 0 Å². The first kappa shape index (κ1) is 18.9. The molecule has 1 aliphatic heterocycles. The fourth-order valence-electron chi connectivity index (χ4n) is 3.76. The van der Waals surface area contributed by atoms with Gasteiger partial charge in [-0.25, -0.2) is 0 Å². The van der Waals surface area contributed by atoms with E-state index in [2.05, 4.69) is 41.4 Å². The lowest BCUT2D eigenvalue weighted by Gasteiger charge is -2.31. The van der Waals surface area contributed by atoms with Gasteiger partial charge in [0.05, 0.1) is 10.2 Å². The quantitative estimate of drug-likeness (QED) is 0.732. The summed E-state index contributed by atoms with van der Waals surface area (Å²) in [7, 11) is 1.77. The molecule has 1 N–H and O–H groups in total. The second-order valence-electron chi connectivity index (χ2n) is 7.63. The van der Waals surface area contributed by atoms with Gasteiger partial charge in [0.15, 0.2) is 0 Å². The highest BCUT2D eigenvalue weighted by molar-refractivity contribution is 7.16. The van der Waals surface area contributed by atoms with E-state index in [1.807, 2.05) is 18.2 Å². The normalized spacial score (nSPS) is 15.8. The average Bonchev–Trinajstić information content (AvgIpc) is 2.97. The van der Waals surface area contributed by atoms with Gasteiger partial charge in [-0.2, -0.15) is 0 Å². The second kappa shape index (κ2) is 7.89. The zero-order chi connectivity index (χ0) is 19.7. The van der Waals surface area contributed by atoms with E-state index in [1.54, 1.807) is 11.6 Å². The molecule has 4 rings (SSSR count). The monoisotopic (exact) mass is 395 g/mol. The number of likely N-dealkylation sites (tertiary alicyclic amines) is 1. The van der Waals surface area contributed by atoms with Gasteiger partial charge in [-0.3, -0.25) is 14.5 Å². The molecule has 0 spiro atoms. The Morgan fingerprint density at radius 2 is 1.86 bits per heavy atom. The van der Waals surface area contributed by atoms with Gasteiger partial charge in [0.25, 0.3) is 0 Å². The molecule has 2 heterocycles. The lowest BCUT2D eigenvalue weighted by molar-refractivity contribution is -0.121. The van der Waals surface area contributed by atoms with E-state index in [1.165, 1.54) is 22.5 Å². The molecule has 0 saturated carbocycles. The Balaban J connectivity index is 1.33. The highest BCUT2D eigenvalue weighted by Crippen LogP contribution is 2.24. The number of benzene rings is 2. The number of carbonyl (C=O) groups excluding carboxylic acids is 1. The number of aryl methyl sites for hydroxylation is 2. The van der Waals surface area contributed by atoms with E-state index in [4.69, 9.17) is 0 Å². The highest BCUT2D eigenvalue weighted by Gasteiger charge is 2.25. The first-order valence-electron chi connectivity index (χ1n) is 9.68. The summed E-state index contributed by atoms with van der Waals surface area (Å²) in [4.78, 5) is 26.9. The van der Waals surface area contributed by atoms with Crippen molar-refractivity contribution in [1.29, 1.82) is 0 Å². The van der Waals surface area contributed by atoms with Crippen molar-refractivity contribution in [2.45, 2.75) is 26.3 Å². The molecule has 2 aromatic carbocycles. The van der Waals surface area contributed by atoms with Crippen LogP contribution < -0.4 is 10.2 Å². The van der Waals surface area contributed by atoms with Gasteiger partial charge in [-0.05, 0) is 56.6 Å². The first-order chi connectivity index (χ1) is 13.5. The number of carbonyl (C=O) groups is 1. The van der Waals surface area contributed by atoms with Crippen LogP contribution in [-0.4, -0.2) is 28.5 Å². The molecule has 3 aromatic rings. The summed E-state index contributed by atoms with van der Waals surface area (Å²) in [6, 6.07) is 14.3. The number of piperidine rings is 1. The lowest BCUT2D eigenvalue weighted by atomic mass is 9.95. The molecule has 5 nitrogen and oxygen atoms in total. The molecular weight excluding hydrogens is 370 g/mol. The van der Waals surface area contributed by atoms with Crippen molar-refractivity contribution >= 4 is 33.1 Å². The Morgan fingerprint density at radius 1 is 1.14 bits per heavy atom. The summed E-state index contributed by atoms with van der Waals surface area (Å²) < 4.78 is 2.54. The molecule has 1 aliphatic rings. The van der Waals surface area contributed by atoms with Crippen LogP contribution in [-0.2, 0) is 18.4 Å². The molecule has 0 aliphatic carbocycles. The van der Waals surface area contributed by atoms with Crippen LogP contribution in [0.5, 0.6) is 0 Å². The van der Waals surface area contributed by atoms with Gasteiger partial charge in [0.1, 0.15) is 0 Å². The van der Waals surface area contributed by atoms with Gasteiger partial charge in [0.2, 0.25) is 5.91 Å². The number of amides is 1. The average molecular weight is 396 g/mol. The van der Waals surface area contributed by atoms with Crippen molar-refractivity contribution in [3.63, 3.8) is 0 Å². The number of hydrogen-bond acceptors (Lipinski definition) is 4. The minimum absolute atomic E-state index is 0.0134. The number of anilines is 1. The molecule has 0 atom stereocenters. The molecule has 28 heavy (non-hydrogen) atoms. The molecular formula is C22H25N3O2S. The van der Waals surface area contributed by atoms with Gasteiger partial charge in [-0.1, -0.05) is 41.2 Å². The number of hydrogen-bond donors (Lipinski definition) is 1. The largest absolute Gasteiger partial charge is 0.326 e. The SMILES string of the molecule is Cc1ccc(CN2CCC(C(=O)Nc3ccc4c(c3)sc(=O)n4C)CC2)cc1. The minimum Gasteiger partial charge on any atom is -0.326 e. The zero-order valence-electron chi connectivity index (χ0n) is 16.3. The van der Waals surface area contributed by atoms with Crippen LogP contribution in [0.3, 0.4) is 0 Å². The van der Waals surface area contributed by atoms with E-state index < -0.39 is 0 Å². The molecule has 1 amide bonds. The molecule has 1 fully saturated rings. The number of thiazole rings is 1. The Hall–Kier alpha value is -2.44. The maximum absolute atomic E-state index is 12.7. The number of aromatic nitrogens is 1. The Bertz CT molecular complexity index is 1040. The van der Waals surface area contributed by atoms with Gasteiger partial charge in [-0.15, -0.1) is 0 Å². The lowest BCUT2D eigenvalue weighted by Crippen LogP contribution is -2.37. The van der Waals surface area contributed by atoms with E-state index >= 15 is 0 Å². The fraction of sp³-hybridized carbons (Fsp3) is 0.364. The summed E-state index contributed by atoms with van der Waals surface area (Å²) in [5.74, 6) is 0.122. The highest BCUT2D eigenvalue weighted by atomic mass is 32.1. The van der Waals surface area contributed by atoms with Crippen molar-refractivity contribution in [2.24, 2.45) is 13.0 Å². The fourth-order valence-corrected chi connectivity index (χ4v) is 4.68. The third-order valence-corrected chi connectivity index (χ3v) is 6.54. The predicted molar refractivity (Wildman–Crippen MR) is 115 cm³/mol. The van der Waals surface area contributed by atoms with Crippen molar-refractivity contribution in [2.75, 3.05) is 18.4 Å². The number of fused-ring (bicyclic) bond motifs is 1. The maximum atomic E-state index is 12.7. The zero-order valence-corrected chi connectivity index (χ0v) is 17.1. The van der Waals surface area contributed by atoms with Crippen LogP contribution in [0, 0.1) is 12.8 Å². The summed E-state index contributed by atoms with van der Waals surface area (Å²) in [5.41, 5.74) is 4.27. The van der Waals surface area contributed by atoms with Crippen molar-refractivity contribution in [1.82, 2.24) is 9.47 Å². The second-order valence-corrected chi connectivity index (χ2v) is 8.63. The summed E-state index contributed by atoms with van der Waals surface area (Å²) in [6.45, 7) is 4.92. The predicted octanol–water partition coefficient (Wildman–Crippen LogP) is 3.76. The molecule has 0 bridgehead atoms. The number of nitrogens with one attached hydrogen (secondary N) is 1. The Morgan fingerprint density at radius 3 is 2.57 bits per heavy atom. The topological polar surface area (TPSA) is 54.3 Å². The van der Waals surface area contributed by atoms with E-state index in [0.29, 0.717) is 0 Å². The third kappa shape index (κ3) is 4.03. The summed E-state index contributed by atoms with van der Waals surface area (Å²) in [6.07, 6.45) is 1.75. The minimum atomic E-state index is 0.0134. The number of nitrogens with zero attached hydrogens (tertiary/aromatic N) is 2. The molecule has 6 heteroatoms. The van der Waals surface area contributed by atoms with Crippen LogP contribution in [0.25, 0.3) is 10.2 Å². The number of rotatable bonds is 4. The molecule has 0 radical (unpaired) electrons. The maximum Gasteiger partial charge on any atom is 0.307 e. The van der Waals surface area contributed by atoms with Crippen LogP contribution in [0.1, 0.15) is 24.0 Å². The van der Waals surface area contributed by atoms with Crippen molar-refractivity contribution in [3.8, 4) is 0 Å². The molecule has 1 saturated heterocycles. The third-order valence-electron chi connectivity index (χ3n) is 5.54. The van der Waals surface area contributed by atoms with Crippen molar-refractivity contribution in [3.05, 3.63) is 63.3 Å². The molecule has 146 valence electrons. The first-order valence-corrected chi connectivity index (χ1v) is 10.5. The standard InChI is InChI=1S/C22H25N3O2S/c1-15-3-5-16(6-4-15)14-25-11-9-17(10-12-25)21(26)23-18-7-8-19-20(13-18)28-22(27)24(19)2/h3-8,13,17H,9-12,14H2,1-2H3,(H,23,26). The van der Waals surface area contributed by atoms with Gasteiger partial charge < -0.3 is 9.88 Å². The molecule has 0 unspecified atom stereocenters. The Labute approximate surface area is 168 Å². The van der Waals surface area contributed by atoms with Crippen molar-refractivity contribution < 1.29 is 4.79 Å². The van der Waals surface area contributed by atoms with E-state index in [9.17, 15) is 9.59 Å². The van der Waals surface area contributed by atoms with Gasteiger partial charge in [0, 0.05) is 25.2 Å².